The molecule has 1 aliphatic heterocycles. The number of hydrazine groups is 1. The van der Waals surface area contributed by atoms with Crippen molar-refractivity contribution in [3.8, 4) is 5.75 Å². The molecule has 12 heteroatoms. The van der Waals surface area contributed by atoms with Gasteiger partial charge in [-0.05, 0) is 38.5 Å². The van der Waals surface area contributed by atoms with Gasteiger partial charge in [0.05, 0.1) is 0 Å². The molecule has 1 saturated heterocycles. The van der Waals surface area contributed by atoms with E-state index in [4.69, 9.17) is 14.2 Å². The maximum Gasteiger partial charge on any atom is 0.534 e. The molecule has 2 N–H and O–H groups in total. The first-order valence-corrected chi connectivity index (χ1v) is 9.25. The maximum absolute atomic E-state index is 11.8. The highest BCUT2D eigenvalue weighted by Crippen LogP contribution is 2.15. The van der Waals surface area contributed by atoms with Crippen LogP contribution in [-0.2, 0) is 35.3 Å². The summed E-state index contributed by atoms with van der Waals surface area (Å²) in [5.41, 5.74) is 4.46. The van der Waals surface area contributed by atoms with Crippen LogP contribution in [0.4, 0.5) is 9.59 Å². The third kappa shape index (κ3) is 8.30. The minimum atomic E-state index is -1.19. The number of hydrogen-bond acceptors (Lipinski definition) is 10. The second-order valence-corrected chi connectivity index (χ2v) is 7.31. The summed E-state index contributed by atoms with van der Waals surface area (Å²) in [6.07, 6.45) is -1.96. The summed E-state index contributed by atoms with van der Waals surface area (Å²) in [6, 6.07) is 6.01. The second-order valence-electron chi connectivity index (χ2n) is 7.31. The van der Waals surface area contributed by atoms with E-state index in [1.807, 2.05) is 0 Å². The third-order valence-corrected chi connectivity index (χ3v) is 3.51. The Morgan fingerprint density at radius 1 is 1.03 bits per heavy atom. The fourth-order valence-corrected chi connectivity index (χ4v) is 2.21. The minimum Gasteiger partial charge on any atom is -0.443 e. The van der Waals surface area contributed by atoms with Gasteiger partial charge in [0.2, 0.25) is 0 Å². The molecule has 0 bridgehead atoms. The Balaban J connectivity index is 1.69. The van der Waals surface area contributed by atoms with Gasteiger partial charge in [-0.2, -0.15) is 0 Å². The lowest BCUT2D eigenvalue weighted by molar-refractivity contribution is -0.177. The van der Waals surface area contributed by atoms with Gasteiger partial charge >= 0.3 is 18.2 Å². The van der Waals surface area contributed by atoms with E-state index in [0.29, 0.717) is 10.6 Å². The number of amides is 3. The zero-order chi connectivity index (χ0) is 23.0. The van der Waals surface area contributed by atoms with Crippen LogP contribution in [0, 0.1) is 0 Å². The number of nitrogens with one attached hydrogen (secondary N) is 2. The largest absolute Gasteiger partial charge is 0.534 e. The summed E-state index contributed by atoms with van der Waals surface area (Å²) in [5.74, 6) is -1.65. The van der Waals surface area contributed by atoms with Crippen molar-refractivity contribution in [1.82, 2.24) is 15.9 Å². The van der Waals surface area contributed by atoms with E-state index >= 15 is 0 Å². The number of benzene rings is 1. The molecule has 0 atom stereocenters. The fraction of sp³-hybridized carbons (Fsp3) is 0.421. The number of ether oxygens (including phenoxy) is 3. The van der Waals surface area contributed by atoms with Crippen molar-refractivity contribution in [2.45, 2.75) is 45.8 Å². The van der Waals surface area contributed by atoms with Crippen molar-refractivity contribution in [2.24, 2.45) is 0 Å². The number of hydroxylamine groups is 2. The third-order valence-electron chi connectivity index (χ3n) is 3.51. The van der Waals surface area contributed by atoms with Crippen molar-refractivity contribution in [2.75, 3.05) is 6.54 Å². The number of nitrogens with zero attached hydrogens (tertiary/aromatic N) is 1. The monoisotopic (exact) mass is 437 g/mol. The number of imide groups is 1. The van der Waals surface area contributed by atoms with Crippen molar-refractivity contribution in [3.05, 3.63) is 29.8 Å². The van der Waals surface area contributed by atoms with Crippen LogP contribution < -0.4 is 15.6 Å². The van der Waals surface area contributed by atoms with E-state index in [0.717, 1.165) is 0 Å². The maximum atomic E-state index is 11.8. The van der Waals surface area contributed by atoms with Gasteiger partial charge in [0.1, 0.15) is 24.5 Å². The lowest BCUT2D eigenvalue weighted by Gasteiger charge is -2.19. The summed E-state index contributed by atoms with van der Waals surface area (Å²) in [5, 5.41) is 0.386. The quantitative estimate of drug-likeness (QED) is 0.277. The molecule has 1 fully saturated rings. The van der Waals surface area contributed by atoms with Crippen LogP contribution in [0.15, 0.2) is 24.3 Å². The molecule has 168 valence electrons. The Hall–Kier alpha value is -3.67. The lowest BCUT2D eigenvalue weighted by atomic mass is 10.2. The molecular weight excluding hydrogens is 414 g/mol. The summed E-state index contributed by atoms with van der Waals surface area (Å²) in [4.78, 5) is 62.1. The standard InChI is InChI=1S/C19H23N3O9/c1-19(2,3)30-17(26)21-20-10-16(25)29-13-6-4-12(5-7-13)11-28-18(27)31-22-14(23)8-9-15(22)24/h4-7,20H,8-11H2,1-3H3,(H,21,26). The highest BCUT2D eigenvalue weighted by atomic mass is 16.8. The SMILES string of the molecule is CC(C)(C)OC(=O)NNCC(=O)Oc1ccc(COC(=O)ON2C(=O)CCC2=O)cc1. The topological polar surface area (TPSA) is 150 Å². The van der Waals surface area contributed by atoms with Crippen LogP contribution in [0.25, 0.3) is 0 Å². The molecule has 12 nitrogen and oxygen atoms in total. The highest BCUT2D eigenvalue weighted by Gasteiger charge is 2.33. The molecule has 31 heavy (non-hydrogen) atoms. The van der Waals surface area contributed by atoms with Gasteiger partial charge in [-0.3, -0.25) is 24.6 Å². The molecule has 2 rings (SSSR count). The first kappa shape index (κ1) is 23.6. The Morgan fingerprint density at radius 2 is 1.65 bits per heavy atom. The van der Waals surface area contributed by atoms with Crippen LogP contribution in [0.2, 0.25) is 0 Å². The number of hydrogen-bond donors (Lipinski definition) is 2. The predicted octanol–water partition coefficient (Wildman–Crippen LogP) is 1.34. The van der Waals surface area contributed by atoms with Crippen LogP contribution in [0.5, 0.6) is 5.75 Å². The zero-order valence-electron chi connectivity index (χ0n) is 17.3. The van der Waals surface area contributed by atoms with Crippen molar-refractivity contribution < 1.29 is 43.0 Å². The van der Waals surface area contributed by atoms with E-state index in [2.05, 4.69) is 15.7 Å². The molecule has 1 heterocycles. The number of esters is 1. The minimum absolute atomic E-state index is 0.0150. The predicted molar refractivity (Wildman–Crippen MR) is 102 cm³/mol. The van der Waals surface area contributed by atoms with E-state index in [1.165, 1.54) is 24.3 Å². The molecule has 0 saturated carbocycles. The lowest BCUT2D eigenvalue weighted by Crippen LogP contribution is -2.44. The van der Waals surface area contributed by atoms with Gasteiger partial charge < -0.3 is 14.2 Å². The Bertz CT molecular complexity index is 830. The molecule has 1 aromatic carbocycles. The number of rotatable bonds is 7. The molecule has 0 unspecified atom stereocenters. The zero-order valence-corrected chi connectivity index (χ0v) is 17.3. The van der Waals surface area contributed by atoms with Gasteiger partial charge in [0, 0.05) is 12.8 Å². The van der Waals surface area contributed by atoms with Gasteiger partial charge in [-0.15, -0.1) is 0 Å². The van der Waals surface area contributed by atoms with Crippen molar-refractivity contribution >= 4 is 30.0 Å². The van der Waals surface area contributed by atoms with Gasteiger partial charge in [-0.25, -0.2) is 15.0 Å². The Morgan fingerprint density at radius 3 is 2.23 bits per heavy atom. The summed E-state index contributed by atoms with van der Waals surface area (Å²) >= 11 is 0. The molecule has 0 aromatic heterocycles. The van der Waals surface area contributed by atoms with Crippen LogP contribution in [0.3, 0.4) is 0 Å². The average molecular weight is 437 g/mol. The molecule has 0 spiro atoms. The smallest absolute Gasteiger partial charge is 0.443 e. The molecular formula is C19H23N3O9. The highest BCUT2D eigenvalue weighted by molar-refractivity contribution is 6.01. The normalized spacial score (nSPS) is 13.6. The Labute approximate surface area is 177 Å². The van der Waals surface area contributed by atoms with E-state index in [9.17, 15) is 24.0 Å². The number of carbonyl (C=O) groups is 5. The molecule has 3 amide bonds. The fourth-order valence-electron chi connectivity index (χ4n) is 2.21. The summed E-state index contributed by atoms with van der Waals surface area (Å²) < 4.78 is 14.9. The first-order valence-electron chi connectivity index (χ1n) is 9.25. The van der Waals surface area contributed by atoms with Crippen LogP contribution >= 0.6 is 0 Å². The molecule has 1 aliphatic rings. The van der Waals surface area contributed by atoms with E-state index < -0.39 is 35.6 Å². The van der Waals surface area contributed by atoms with E-state index in [-0.39, 0.29) is 31.7 Å². The summed E-state index contributed by atoms with van der Waals surface area (Å²) in [6.45, 7) is 4.62. The van der Waals surface area contributed by atoms with E-state index in [1.54, 1.807) is 20.8 Å². The van der Waals surface area contributed by atoms with Crippen LogP contribution in [0.1, 0.15) is 39.2 Å². The molecule has 1 aromatic rings. The van der Waals surface area contributed by atoms with Gasteiger partial charge in [0.25, 0.3) is 11.8 Å². The van der Waals surface area contributed by atoms with Gasteiger partial charge in [-0.1, -0.05) is 17.2 Å². The first-order chi connectivity index (χ1) is 14.5. The van der Waals surface area contributed by atoms with Crippen molar-refractivity contribution in [3.63, 3.8) is 0 Å². The number of carbonyl (C=O) groups excluding carboxylic acids is 5. The van der Waals surface area contributed by atoms with Gasteiger partial charge in [0.15, 0.2) is 0 Å². The average Bonchev–Trinajstić information content (AvgIpc) is 2.98. The Kier molecular flexibility index (Phi) is 7.91. The molecule has 0 aliphatic carbocycles. The molecule has 0 radical (unpaired) electrons. The summed E-state index contributed by atoms with van der Waals surface area (Å²) in [7, 11) is 0. The van der Waals surface area contributed by atoms with Crippen LogP contribution in [-0.4, -0.2) is 47.2 Å². The van der Waals surface area contributed by atoms with Crippen molar-refractivity contribution in [1.29, 1.82) is 0 Å². The second kappa shape index (κ2) is 10.4.